The molecule has 0 bridgehead atoms. The molecule has 0 aliphatic heterocycles. The number of carbonyl (C=O) groups is 1. The van der Waals surface area contributed by atoms with Crippen molar-refractivity contribution in [1.29, 1.82) is 0 Å². The molecule has 2 aromatic rings. The van der Waals surface area contributed by atoms with Gasteiger partial charge in [0, 0.05) is 5.41 Å². The number of hydrogen-bond donors (Lipinski definition) is 2. The SMILES string of the molecule is CC(C)(C)c1c(CO)nnn1-c1cccc(C(=O)O)c1. The maximum absolute atomic E-state index is 11.0. The number of carboxylic acid groups (broad SMARTS) is 1. The van der Waals surface area contributed by atoms with Gasteiger partial charge in [-0.1, -0.05) is 32.1 Å². The molecule has 0 atom stereocenters. The fourth-order valence-electron chi connectivity index (χ4n) is 2.12. The number of benzene rings is 1. The van der Waals surface area contributed by atoms with Gasteiger partial charge in [-0.25, -0.2) is 9.48 Å². The Hall–Kier alpha value is -2.21. The van der Waals surface area contributed by atoms with Crippen molar-refractivity contribution in [3.8, 4) is 5.69 Å². The van der Waals surface area contributed by atoms with Gasteiger partial charge in [0.2, 0.25) is 0 Å². The standard InChI is InChI=1S/C14H17N3O3/c1-14(2,3)12-11(8-18)15-16-17(12)10-6-4-5-9(7-10)13(19)20/h4-7,18H,8H2,1-3H3,(H,19,20). The Kier molecular flexibility index (Phi) is 3.59. The van der Waals surface area contributed by atoms with Crippen LogP contribution in [0, 0.1) is 0 Å². The summed E-state index contributed by atoms with van der Waals surface area (Å²) in [5, 5.41) is 26.4. The van der Waals surface area contributed by atoms with Gasteiger partial charge in [-0.15, -0.1) is 5.10 Å². The molecule has 0 radical (unpaired) electrons. The molecule has 1 aromatic carbocycles. The van der Waals surface area contributed by atoms with E-state index in [-0.39, 0.29) is 17.6 Å². The third-order valence-corrected chi connectivity index (χ3v) is 2.94. The lowest BCUT2D eigenvalue weighted by molar-refractivity contribution is 0.0697. The van der Waals surface area contributed by atoms with E-state index in [1.165, 1.54) is 12.1 Å². The van der Waals surface area contributed by atoms with Gasteiger partial charge >= 0.3 is 5.97 Å². The van der Waals surface area contributed by atoms with E-state index in [0.717, 1.165) is 5.69 Å². The lowest BCUT2D eigenvalue weighted by atomic mass is 9.90. The molecular formula is C14H17N3O3. The van der Waals surface area contributed by atoms with Gasteiger partial charge in [-0.05, 0) is 18.2 Å². The molecule has 0 unspecified atom stereocenters. The third kappa shape index (κ3) is 2.55. The van der Waals surface area contributed by atoms with Crippen LogP contribution >= 0.6 is 0 Å². The summed E-state index contributed by atoms with van der Waals surface area (Å²) in [5.74, 6) is -0.994. The fourth-order valence-corrected chi connectivity index (χ4v) is 2.12. The molecule has 6 heteroatoms. The maximum Gasteiger partial charge on any atom is 0.335 e. The van der Waals surface area contributed by atoms with Crippen LogP contribution in [0.3, 0.4) is 0 Å². The van der Waals surface area contributed by atoms with Gasteiger partial charge in [-0.3, -0.25) is 0 Å². The van der Waals surface area contributed by atoms with Crippen molar-refractivity contribution >= 4 is 5.97 Å². The Labute approximate surface area is 116 Å². The zero-order valence-corrected chi connectivity index (χ0v) is 11.7. The van der Waals surface area contributed by atoms with Crippen LogP contribution in [0.5, 0.6) is 0 Å². The van der Waals surface area contributed by atoms with Crippen LogP contribution in [0.15, 0.2) is 24.3 Å². The number of aromatic carboxylic acids is 1. The first kappa shape index (κ1) is 14.2. The summed E-state index contributed by atoms with van der Waals surface area (Å²) in [6.07, 6.45) is 0. The van der Waals surface area contributed by atoms with Crippen LogP contribution < -0.4 is 0 Å². The second-order valence-electron chi connectivity index (χ2n) is 5.56. The monoisotopic (exact) mass is 275 g/mol. The molecule has 0 aliphatic rings. The summed E-state index contributed by atoms with van der Waals surface area (Å²) in [7, 11) is 0. The molecule has 1 heterocycles. The summed E-state index contributed by atoms with van der Waals surface area (Å²) in [6.45, 7) is 5.76. The lowest BCUT2D eigenvalue weighted by Crippen LogP contribution is -2.19. The van der Waals surface area contributed by atoms with Crippen molar-refractivity contribution < 1.29 is 15.0 Å². The Bertz CT molecular complexity index is 641. The van der Waals surface area contributed by atoms with Gasteiger partial charge < -0.3 is 10.2 Å². The van der Waals surface area contributed by atoms with Crippen LogP contribution in [-0.2, 0) is 12.0 Å². The molecule has 2 N–H and O–H groups in total. The normalized spacial score (nSPS) is 11.6. The van der Waals surface area contributed by atoms with E-state index in [9.17, 15) is 9.90 Å². The topological polar surface area (TPSA) is 88.2 Å². The van der Waals surface area contributed by atoms with Crippen LogP contribution in [0.4, 0.5) is 0 Å². The van der Waals surface area contributed by atoms with Gasteiger partial charge in [0.1, 0.15) is 5.69 Å². The third-order valence-electron chi connectivity index (χ3n) is 2.94. The Morgan fingerprint density at radius 2 is 2.05 bits per heavy atom. The smallest absolute Gasteiger partial charge is 0.335 e. The first-order chi connectivity index (χ1) is 9.34. The van der Waals surface area contributed by atoms with Crippen molar-refractivity contribution in [2.45, 2.75) is 32.8 Å². The Morgan fingerprint density at radius 1 is 1.35 bits per heavy atom. The predicted molar refractivity (Wildman–Crippen MR) is 72.9 cm³/mol. The molecular weight excluding hydrogens is 258 g/mol. The summed E-state index contributed by atoms with van der Waals surface area (Å²) in [4.78, 5) is 11.0. The predicted octanol–water partition coefficient (Wildman–Crippen LogP) is 1.76. The average molecular weight is 275 g/mol. The van der Waals surface area contributed by atoms with Crippen LogP contribution in [0.1, 0.15) is 42.5 Å². The highest BCUT2D eigenvalue weighted by atomic mass is 16.4. The molecule has 0 amide bonds. The number of hydrogen-bond acceptors (Lipinski definition) is 4. The molecule has 2 rings (SSSR count). The minimum atomic E-state index is -0.994. The highest BCUT2D eigenvalue weighted by Gasteiger charge is 2.25. The van der Waals surface area contributed by atoms with Gasteiger partial charge in [0.15, 0.2) is 0 Å². The molecule has 0 aliphatic carbocycles. The minimum Gasteiger partial charge on any atom is -0.478 e. The zero-order chi connectivity index (χ0) is 14.9. The average Bonchev–Trinajstić information content (AvgIpc) is 2.82. The van der Waals surface area contributed by atoms with Crippen molar-refractivity contribution in [1.82, 2.24) is 15.0 Å². The number of rotatable bonds is 3. The number of carboxylic acids is 1. The molecule has 0 fully saturated rings. The molecule has 6 nitrogen and oxygen atoms in total. The van der Waals surface area contributed by atoms with Crippen molar-refractivity contribution in [2.24, 2.45) is 0 Å². The van der Waals surface area contributed by atoms with Crippen molar-refractivity contribution in [3.63, 3.8) is 0 Å². The number of aliphatic hydroxyl groups excluding tert-OH is 1. The summed E-state index contributed by atoms with van der Waals surface area (Å²) in [6, 6.07) is 6.48. The quantitative estimate of drug-likeness (QED) is 0.891. The maximum atomic E-state index is 11.0. The van der Waals surface area contributed by atoms with E-state index in [0.29, 0.717) is 11.4 Å². The first-order valence-electron chi connectivity index (χ1n) is 6.24. The van der Waals surface area contributed by atoms with E-state index in [1.807, 2.05) is 20.8 Å². The Balaban J connectivity index is 2.61. The number of nitrogens with zero attached hydrogens (tertiary/aromatic N) is 3. The minimum absolute atomic E-state index is 0.184. The van der Waals surface area contributed by atoms with E-state index in [1.54, 1.807) is 16.8 Å². The van der Waals surface area contributed by atoms with E-state index < -0.39 is 5.97 Å². The molecule has 0 saturated carbocycles. The number of aliphatic hydroxyl groups is 1. The molecule has 106 valence electrons. The highest BCUT2D eigenvalue weighted by Crippen LogP contribution is 2.27. The van der Waals surface area contributed by atoms with Crippen molar-refractivity contribution in [2.75, 3.05) is 0 Å². The largest absolute Gasteiger partial charge is 0.478 e. The fraction of sp³-hybridized carbons (Fsp3) is 0.357. The summed E-state index contributed by atoms with van der Waals surface area (Å²) in [5.41, 5.74) is 1.78. The van der Waals surface area contributed by atoms with E-state index in [4.69, 9.17) is 5.11 Å². The second-order valence-corrected chi connectivity index (χ2v) is 5.56. The molecule has 0 spiro atoms. The van der Waals surface area contributed by atoms with E-state index in [2.05, 4.69) is 10.3 Å². The zero-order valence-electron chi connectivity index (χ0n) is 11.7. The van der Waals surface area contributed by atoms with E-state index >= 15 is 0 Å². The summed E-state index contributed by atoms with van der Waals surface area (Å²) < 4.78 is 1.58. The second kappa shape index (κ2) is 5.05. The molecule has 20 heavy (non-hydrogen) atoms. The summed E-state index contributed by atoms with van der Waals surface area (Å²) >= 11 is 0. The van der Waals surface area contributed by atoms with Gasteiger partial charge in [0.05, 0.1) is 23.6 Å². The van der Waals surface area contributed by atoms with Gasteiger partial charge in [0.25, 0.3) is 0 Å². The lowest BCUT2D eigenvalue weighted by Gasteiger charge is -2.21. The molecule has 1 aromatic heterocycles. The van der Waals surface area contributed by atoms with Crippen molar-refractivity contribution in [3.05, 3.63) is 41.2 Å². The number of aromatic nitrogens is 3. The first-order valence-corrected chi connectivity index (χ1v) is 6.24. The van der Waals surface area contributed by atoms with Crippen LogP contribution in [-0.4, -0.2) is 31.2 Å². The molecule has 0 saturated heterocycles. The Morgan fingerprint density at radius 3 is 2.60 bits per heavy atom. The van der Waals surface area contributed by atoms with Gasteiger partial charge in [-0.2, -0.15) is 0 Å². The highest BCUT2D eigenvalue weighted by molar-refractivity contribution is 5.88. The van der Waals surface area contributed by atoms with Crippen LogP contribution in [0.25, 0.3) is 5.69 Å². The van der Waals surface area contributed by atoms with Crippen LogP contribution in [0.2, 0.25) is 0 Å².